The van der Waals surface area contributed by atoms with Crippen LogP contribution in [-0.2, 0) is 10.0 Å². The summed E-state index contributed by atoms with van der Waals surface area (Å²) in [6.07, 6.45) is 0.761. The Balaban J connectivity index is 1.96. The second kappa shape index (κ2) is 8.49. The van der Waals surface area contributed by atoms with Gasteiger partial charge in [0.25, 0.3) is 0 Å². The van der Waals surface area contributed by atoms with Gasteiger partial charge in [-0.25, -0.2) is 13.1 Å². The molecule has 0 unspecified atom stereocenters. The molecule has 1 aromatic carbocycles. The molecule has 0 aliphatic carbocycles. The first-order valence-corrected chi connectivity index (χ1v) is 9.20. The van der Waals surface area contributed by atoms with E-state index in [1.165, 1.54) is 14.2 Å². The summed E-state index contributed by atoms with van der Waals surface area (Å²) in [6, 6.07) is 4.91. The molecule has 1 aromatic rings. The van der Waals surface area contributed by atoms with Gasteiger partial charge in [-0.3, -0.25) is 0 Å². The van der Waals surface area contributed by atoms with E-state index in [-0.39, 0.29) is 16.4 Å². The van der Waals surface area contributed by atoms with Crippen molar-refractivity contribution in [3.05, 3.63) is 18.2 Å². The Kier molecular flexibility index (Phi) is 6.64. The summed E-state index contributed by atoms with van der Waals surface area (Å²) >= 11 is 0. The quantitative estimate of drug-likeness (QED) is 0.660. The standard InChI is InChI=1S/C15H25N3O4S/c1-21-13-5-3-6-14(22-2)15(13)23(19,20)17-7-4-10-18-11-8-16-9-12-18/h3,5-6,16-17H,4,7-12H2,1-2H3. The molecule has 0 amide bonds. The lowest BCUT2D eigenvalue weighted by molar-refractivity contribution is 0.239. The average Bonchev–Trinajstić information content (AvgIpc) is 2.58. The molecule has 1 aliphatic rings. The number of hydrogen-bond acceptors (Lipinski definition) is 6. The van der Waals surface area contributed by atoms with Gasteiger partial charge in [-0.15, -0.1) is 0 Å². The Morgan fingerprint density at radius 1 is 1.17 bits per heavy atom. The van der Waals surface area contributed by atoms with Crippen molar-refractivity contribution >= 4 is 10.0 Å². The van der Waals surface area contributed by atoms with Gasteiger partial charge in [0, 0.05) is 32.7 Å². The van der Waals surface area contributed by atoms with E-state index in [0.717, 1.165) is 39.1 Å². The van der Waals surface area contributed by atoms with Gasteiger partial charge in [0.05, 0.1) is 14.2 Å². The fourth-order valence-corrected chi connectivity index (χ4v) is 3.99. The molecule has 130 valence electrons. The minimum absolute atomic E-state index is 0.0483. The van der Waals surface area contributed by atoms with Crippen LogP contribution in [0.1, 0.15) is 6.42 Å². The van der Waals surface area contributed by atoms with Crippen molar-refractivity contribution in [2.75, 3.05) is 53.5 Å². The Bertz CT molecular complexity index is 578. The summed E-state index contributed by atoms with van der Waals surface area (Å²) in [5.74, 6) is 0.554. The van der Waals surface area contributed by atoms with Crippen LogP contribution >= 0.6 is 0 Å². The summed E-state index contributed by atoms with van der Waals surface area (Å²) in [4.78, 5) is 2.38. The number of ether oxygens (including phenoxy) is 2. The summed E-state index contributed by atoms with van der Waals surface area (Å²) in [5, 5.41) is 3.30. The third-order valence-electron chi connectivity index (χ3n) is 3.80. The van der Waals surface area contributed by atoms with E-state index in [0.29, 0.717) is 6.54 Å². The summed E-state index contributed by atoms with van der Waals surface area (Å²) in [7, 11) is -0.794. The summed E-state index contributed by atoms with van der Waals surface area (Å²) in [6.45, 7) is 5.26. The second-order valence-corrected chi connectivity index (χ2v) is 7.04. The molecule has 0 atom stereocenters. The largest absolute Gasteiger partial charge is 0.495 e. The highest BCUT2D eigenvalue weighted by Gasteiger charge is 2.24. The van der Waals surface area contributed by atoms with Crippen LogP contribution in [0.15, 0.2) is 23.1 Å². The van der Waals surface area contributed by atoms with Crippen LogP contribution in [0.4, 0.5) is 0 Å². The van der Waals surface area contributed by atoms with Crippen molar-refractivity contribution in [2.24, 2.45) is 0 Å². The van der Waals surface area contributed by atoms with Crippen LogP contribution in [0.2, 0.25) is 0 Å². The summed E-state index contributed by atoms with van der Waals surface area (Å²) in [5.41, 5.74) is 0. The Morgan fingerprint density at radius 2 is 1.78 bits per heavy atom. The van der Waals surface area contributed by atoms with Crippen molar-refractivity contribution in [3.8, 4) is 11.5 Å². The first-order valence-electron chi connectivity index (χ1n) is 7.72. The van der Waals surface area contributed by atoms with E-state index >= 15 is 0 Å². The fourth-order valence-electron chi connectivity index (χ4n) is 2.60. The molecule has 2 rings (SSSR count). The van der Waals surface area contributed by atoms with Gasteiger partial charge >= 0.3 is 0 Å². The normalized spacial score (nSPS) is 16.3. The lowest BCUT2D eigenvalue weighted by atomic mass is 10.3. The van der Waals surface area contributed by atoms with Crippen LogP contribution in [0.25, 0.3) is 0 Å². The van der Waals surface area contributed by atoms with E-state index < -0.39 is 10.0 Å². The van der Waals surface area contributed by atoms with Crippen molar-refractivity contribution in [2.45, 2.75) is 11.3 Å². The minimum Gasteiger partial charge on any atom is -0.495 e. The van der Waals surface area contributed by atoms with Gasteiger partial charge in [0.15, 0.2) is 4.90 Å². The van der Waals surface area contributed by atoms with Crippen molar-refractivity contribution in [1.29, 1.82) is 0 Å². The second-order valence-electron chi connectivity index (χ2n) is 5.33. The van der Waals surface area contributed by atoms with Crippen LogP contribution in [-0.4, -0.2) is 66.8 Å². The zero-order valence-corrected chi connectivity index (χ0v) is 14.5. The number of nitrogens with one attached hydrogen (secondary N) is 2. The average molecular weight is 343 g/mol. The number of hydrogen-bond donors (Lipinski definition) is 2. The molecule has 8 heteroatoms. The molecule has 0 bridgehead atoms. The SMILES string of the molecule is COc1cccc(OC)c1S(=O)(=O)NCCCN1CCNCC1. The number of sulfonamides is 1. The predicted octanol–water partition coefficient (Wildman–Crippen LogP) is 0.277. The summed E-state index contributed by atoms with van der Waals surface area (Å²) < 4.78 is 38.1. The maximum Gasteiger partial charge on any atom is 0.247 e. The Labute approximate surface area is 138 Å². The highest BCUT2D eigenvalue weighted by molar-refractivity contribution is 7.89. The van der Waals surface area contributed by atoms with Gasteiger partial charge in [-0.2, -0.15) is 0 Å². The molecule has 7 nitrogen and oxygen atoms in total. The molecule has 0 radical (unpaired) electrons. The molecular formula is C15H25N3O4S. The molecule has 1 saturated heterocycles. The van der Waals surface area contributed by atoms with E-state index in [1.54, 1.807) is 18.2 Å². The molecule has 0 aromatic heterocycles. The molecule has 23 heavy (non-hydrogen) atoms. The Hall–Kier alpha value is -1.35. The number of benzene rings is 1. The van der Waals surface area contributed by atoms with Gasteiger partial charge in [-0.05, 0) is 25.1 Å². The lowest BCUT2D eigenvalue weighted by Gasteiger charge is -2.27. The first kappa shape index (κ1) is 18.0. The molecule has 1 heterocycles. The molecule has 1 fully saturated rings. The Morgan fingerprint density at radius 3 is 2.35 bits per heavy atom. The van der Waals surface area contributed by atoms with Crippen LogP contribution in [0.3, 0.4) is 0 Å². The number of piperazine rings is 1. The molecular weight excluding hydrogens is 318 g/mol. The van der Waals surface area contributed by atoms with Gasteiger partial charge < -0.3 is 19.7 Å². The number of nitrogens with zero attached hydrogens (tertiary/aromatic N) is 1. The highest BCUT2D eigenvalue weighted by Crippen LogP contribution is 2.32. The molecule has 0 spiro atoms. The zero-order chi connectivity index (χ0) is 16.7. The molecule has 0 saturated carbocycles. The van der Waals surface area contributed by atoms with E-state index in [2.05, 4.69) is 14.9 Å². The minimum atomic E-state index is -3.68. The number of rotatable bonds is 8. The highest BCUT2D eigenvalue weighted by atomic mass is 32.2. The monoisotopic (exact) mass is 343 g/mol. The smallest absolute Gasteiger partial charge is 0.247 e. The molecule has 2 N–H and O–H groups in total. The van der Waals surface area contributed by atoms with Crippen LogP contribution in [0.5, 0.6) is 11.5 Å². The van der Waals surface area contributed by atoms with Crippen molar-refractivity contribution < 1.29 is 17.9 Å². The van der Waals surface area contributed by atoms with E-state index in [4.69, 9.17) is 9.47 Å². The van der Waals surface area contributed by atoms with Gasteiger partial charge in [-0.1, -0.05) is 6.07 Å². The maximum absolute atomic E-state index is 12.5. The van der Waals surface area contributed by atoms with Gasteiger partial charge in [0.1, 0.15) is 11.5 Å². The third-order valence-corrected chi connectivity index (χ3v) is 5.33. The van der Waals surface area contributed by atoms with E-state index in [9.17, 15) is 8.42 Å². The van der Waals surface area contributed by atoms with Crippen molar-refractivity contribution in [1.82, 2.24) is 14.9 Å². The van der Waals surface area contributed by atoms with Gasteiger partial charge in [0.2, 0.25) is 10.0 Å². The first-order chi connectivity index (χ1) is 11.1. The number of methoxy groups -OCH3 is 2. The van der Waals surface area contributed by atoms with Crippen LogP contribution < -0.4 is 19.5 Å². The predicted molar refractivity (Wildman–Crippen MR) is 88.7 cm³/mol. The lowest BCUT2D eigenvalue weighted by Crippen LogP contribution is -2.44. The van der Waals surface area contributed by atoms with Crippen molar-refractivity contribution in [3.63, 3.8) is 0 Å². The maximum atomic E-state index is 12.5. The zero-order valence-electron chi connectivity index (χ0n) is 13.7. The topological polar surface area (TPSA) is 79.9 Å². The third kappa shape index (κ3) is 4.81. The van der Waals surface area contributed by atoms with E-state index in [1.807, 2.05) is 0 Å². The molecule has 1 aliphatic heterocycles. The fraction of sp³-hybridized carbons (Fsp3) is 0.600. The van der Waals surface area contributed by atoms with Crippen LogP contribution in [0, 0.1) is 0 Å².